The van der Waals surface area contributed by atoms with Crippen LogP contribution in [0.1, 0.15) is 39.5 Å². The second kappa shape index (κ2) is 13.4. The van der Waals surface area contributed by atoms with Crippen LogP contribution in [0, 0.1) is 0 Å². The molecule has 7 heteroatoms. The van der Waals surface area contributed by atoms with Gasteiger partial charge in [-0.3, -0.25) is 0 Å². The largest absolute Gasteiger partial charge is 0.381 e. The first-order valence-corrected chi connectivity index (χ1v) is 8.04. The molecule has 0 amide bonds. The molecule has 0 heterocycles. The summed E-state index contributed by atoms with van der Waals surface area (Å²) in [6.45, 7) is 5.95. The maximum absolute atomic E-state index is 5.81. The van der Waals surface area contributed by atoms with Gasteiger partial charge in [0, 0.05) is 53.5 Å². The lowest BCUT2D eigenvalue weighted by molar-refractivity contribution is 0.0263. The van der Waals surface area contributed by atoms with Gasteiger partial charge in [-0.05, 0) is 25.7 Å². The van der Waals surface area contributed by atoms with E-state index >= 15 is 0 Å². The van der Waals surface area contributed by atoms with Crippen molar-refractivity contribution in [2.24, 2.45) is 0 Å². The van der Waals surface area contributed by atoms with Crippen LogP contribution in [0.3, 0.4) is 0 Å². The van der Waals surface area contributed by atoms with E-state index in [9.17, 15) is 0 Å². The molecule has 0 rings (SSSR count). The molecular formula is C14H36N6O. The fourth-order valence-corrected chi connectivity index (χ4v) is 2.53. The minimum absolute atomic E-state index is 0.438. The summed E-state index contributed by atoms with van der Waals surface area (Å²) in [6.07, 6.45) is 4.18. The number of hydrogen-bond acceptors (Lipinski definition) is 7. The Hall–Kier alpha value is -0.280. The van der Waals surface area contributed by atoms with Crippen molar-refractivity contribution in [3.8, 4) is 0 Å². The summed E-state index contributed by atoms with van der Waals surface area (Å²) < 4.78 is 5.81. The topological polar surface area (TPSA) is 63.8 Å². The minimum Gasteiger partial charge on any atom is -0.381 e. The average Bonchev–Trinajstić information content (AvgIpc) is 2.52. The first kappa shape index (κ1) is 20.7. The molecule has 7 nitrogen and oxygen atoms in total. The molecule has 4 N–H and O–H groups in total. The van der Waals surface area contributed by atoms with Crippen LogP contribution < -0.4 is 21.7 Å². The van der Waals surface area contributed by atoms with Gasteiger partial charge in [0.25, 0.3) is 0 Å². The van der Waals surface area contributed by atoms with Gasteiger partial charge in [0.15, 0.2) is 0 Å². The lowest BCUT2D eigenvalue weighted by Gasteiger charge is -2.30. The molecule has 128 valence electrons. The third kappa shape index (κ3) is 8.06. The molecule has 0 radical (unpaired) electrons. The van der Waals surface area contributed by atoms with Crippen LogP contribution >= 0.6 is 0 Å². The Bertz CT molecular complexity index is 202. The van der Waals surface area contributed by atoms with Crippen LogP contribution in [0.25, 0.3) is 0 Å². The Morgan fingerprint density at radius 1 is 0.714 bits per heavy atom. The Morgan fingerprint density at radius 3 is 1.29 bits per heavy atom. The summed E-state index contributed by atoms with van der Waals surface area (Å²) in [5.41, 5.74) is 12.6. The van der Waals surface area contributed by atoms with Gasteiger partial charge in [-0.1, -0.05) is 13.8 Å². The second-order valence-corrected chi connectivity index (χ2v) is 4.95. The smallest absolute Gasteiger partial charge is 0.0482 e. The molecule has 2 unspecified atom stereocenters. The number of nitrogens with one attached hydrogen (secondary N) is 4. The van der Waals surface area contributed by atoms with E-state index in [-0.39, 0.29) is 0 Å². The molecule has 0 saturated heterocycles. The van der Waals surface area contributed by atoms with Gasteiger partial charge in [-0.2, -0.15) is 10.2 Å². The molecule has 0 fully saturated rings. The van der Waals surface area contributed by atoms with Gasteiger partial charge >= 0.3 is 0 Å². The molecule has 0 aromatic heterocycles. The Labute approximate surface area is 130 Å². The third-order valence-electron chi connectivity index (χ3n) is 3.83. The summed E-state index contributed by atoms with van der Waals surface area (Å²) in [5.74, 6) is 0. The SMILES string of the molecule is CCC(CCOCCC(CC)N(NC)NC)N(NC)NC. The average molecular weight is 304 g/mol. The molecule has 0 aliphatic carbocycles. The van der Waals surface area contributed by atoms with E-state index in [1.807, 2.05) is 38.4 Å². The van der Waals surface area contributed by atoms with Gasteiger partial charge < -0.3 is 4.74 Å². The van der Waals surface area contributed by atoms with Gasteiger partial charge in [0.2, 0.25) is 0 Å². The normalized spacial score (nSPS) is 14.9. The summed E-state index contributed by atoms with van der Waals surface area (Å²) >= 11 is 0. The van der Waals surface area contributed by atoms with E-state index in [4.69, 9.17) is 4.74 Å². The van der Waals surface area contributed by atoms with Crippen molar-refractivity contribution in [3.63, 3.8) is 0 Å². The van der Waals surface area contributed by atoms with Crippen molar-refractivity contribution in [1.82, 2.24) is 31.9 Å². The number of hydrogen-bond donors (Lipinski definition) is 4. The Kier molecular flexibility index (Phi) is 13.2. The molecule has 0 aliphatic rings. The predicted octanol–water partition coefficient (Wildman–Crippen LogP) is 0.482. The molecule has 0 aromatic carbocycles. The van der Waals surface area contributed by atoms with Crippen molar-refractivity contribution < 1.29 is 4.74 Å². The van der Waals surface area contributed by atoms with Crippen molar-refractivity contribution in [2.75, 3.05) is 41.4 Å². The molecule has 0 aromatic rings. The molecule has 21 heavy (non-hydrogen) atoms. The lowest BCUT2D eigenvalue weighted by atomic mass is 10.1. The van der Waals surface area contributed by atoms with Crippen LogP contribution in [-0.4, -0.2) is 63.7 Å². The van der Waals surface area contributed by atoms with Gasteiger partial charge in [-0.15, -0.1) is 0 Å². The van der Waals surface area contributed by atoms with E-state index in [0.29, 0.717) is 12.1 Å². The lowest BCUT2D eigenvalue weighted by Crippen LogP contribution is -2.51. The molecular weight excluding hydrogens is 268 g/mol. The molecule has 0 aliphatic heterocycles. The molecule has 0 spiro atoms. The van der Waals surface area contributed by atoms with Crippen LogP contribution in [0.4, 0.5) is 0 Å². The van der Waals surface area contributed by atoms with Crippen LogP contribution in [0.15, 0.2) is 0 Å². The van der Waals surface area contributed by atoms with Gasteiger partial charge in [0.1, 0.15) is 0 Å². The van der Waals surface area contributed by atoms with Crippen molar-refractivity contribution in [3.05, 3.63) is 0 Å². The van der Waals surface area contributed by atoms with Gasteiger partial charge in [0.05, 0.1) is 0 Å². The first-order valence-electron chi connectivity index (χ1n) is 8.04. The maximum atomic E-state index is 5.81. The summed E-state index contributed by atoms with van der Waals surface area (Å²) in [6, 6.07) is 0.876. The summed E-state index contributed by atoms with van der Waals surface area (Å²) in [4.78, 5) is 0. The molecule has 0 bridgehead atoms. The standard InChI is InChI=1S/C14H36N6O/c1-7-13(19(15-3)16-4)9-11-21-12-10-14(8-2)20(17-5)18-6/h13-18H,7-12H2,1-6H3. The highest BCUT2D eigenvalue weighted by Gasteiger charge is 2.15. The van der Waals surface area contributed by atoms with E-state index in [0.717, 1.165) is 38.9 Å². The van der Waals surface area contributed by atoms with Crippen molar-refractivity contribution >= 4 is 0 Å². The highest BCUT2D eigenvalue weighted by molar-refractivity contribution is 4.65. The second-order valence-electron chi connectivity index (χ2n) is 4.95. The van der Waals surface area contributed by atoms with E-state index in [1.54, 1.807) is 0 Å². The van der Waals surface area contributed by atoms with E-state index < -0.39 is 0 Å². The molecule has 0 saturated carbocycles. The minimum atomic E-state index is 0.438. The Balaban J connectivity index is 3.92. The van der Waals surface area contributed by atoms with Gasteiger partial charge in [-0.25, -0.2) is 21.7 Å². The Morgan fingerprint density at radius 2 is 1.05 bits per heavy atom. The maximum Gasteiger partial charge on any atom is 0.0482 e. The monoisotopic (exact) mass is 304 g/mol. The zero-order valence-electron chi connectivity index (χ0n) is 14.7. The number of ether oxygens (including phenoxy) is 1. The number of nitrogens with zero attached hydrogens (tertiary/aromatic N) is 2. The van der Waals surface area contributed by atoms with E-state index in [1.165, 1.54) is 0 Å². The zero-order valence-corrected chi connectivity index (χ0v) is 14.7. The van der Waals surface area contributed by atoms with Crippen LogP contribution in [0.5, 0.6) is 0 Å². The summed E-state index contributed by atoms with van der Waals surface area (Å²) in [7, 11) is 7.71. The summed E-state index contributed by atoms with van der Waals surface area (Å²) in [5, 5.41) is 4.06. The van der Waals surface area contributed by atoms with Crippen molar-refractivity contribution in [2.45, 2.75) is 51.6 Å². The predicted molar refractivity (Wildman–Crippen MR) is 88.1 cm³/mol. The fourth-order valence-electron chi connectivity index (χ4n) is 2.53. The quantitative estimate of drug-likeness (QED) is 0.275. The first-order chi connectivity index (χ1) is 10.2. The van der Waals surface area contributed by atoms with Crippen LogP contribution in [-0.2, 0) is 4.74 Å². The van der Waals surface area contributed by atoms with Crippen molar-refractivity contribution in [1.29, 1.82) is 0 Å². The fraction of sp³-hybridized carbons (Fsp3) is 1.00. The number of rotatable bonds is 14. The van der Waals surface area contributed by atoms with Crippen LogP contribution in [0.2, 0.25) is 0 Å². The molecule has 2 atom stereocenters. The third-order valence-corrected chi connectivity index (χ3v) is 3.83. The highest BCUT2D eigenvalue weighted by atomic mass is 16.5. The number of hydrazine groups is 4. The van der Waals surface area contributed by atoms with E-state index in [2.05, 4.69) is 35.6 Å². The highest BCUT2D eigenvalue weighted by Crippen LogP contribution is 2.07. The zero-order chi connectivity index (χ0) is 16.1.